The zero-order chi connectivity index (χ0) is 13.4. The lowest BCUT2D eigenvalue weighted by Crippen LogP contribution is -2.26. The van der Waals surface area contributed by atoms with E-state index in [2.05, 4.69) is 22.5 Å². The van der Waals surface area contributed by atoms with E-state index in [1.807, 2.05) is 31.3 Å². The van der Waals surface area contributed by atoms with Gasteiger partial charge in [-0.2, -0.15) is 0 Å². The van der Waals surface area contributed by atoms with Gasteiger partial charge < -0.3 is 10.6 Å². The minimum Gasteiger partial charge on any atom is -0.373 e. The van der Waals surface area contributed by atoms with Crippen molar-refractivity contribution in [1.82, 2.24) is 10.3 Å². The maximum Gasteiger partial charge on any atom is 0.253 e. The molecule has 1 aromatic heterocycles. The predicted molar refractivity (Wildman–Crippen MR) is 76.3 cm³/mol. The minimum atomic E-state index is -0.0271. The van der Waals surface area contributed by atoms with Crippen LogP contribution in [0, 0.1) is 5.92 Å². The van der Waals surface area contributed by atoms with Gasteiger partial charge in [0.2, 0.25) is 0 Å². The largest absolute Gasteiger partial charge is 0.373 e. The molecule has 2 unspecified atom stereocenters. The number of anilines is 1. The van der Waals surface area contributed by atoms with E-state index in [-0.39, 0.29) is 5.91 Å². The molecule has 1 saturated carbocycles. The van der Waals surface area contributed by atoms with E-state index >= 15 is 0 Å². The quantitative estimate of drug-likeness (QED) is 0.885. The maximum atomic E-state index is 12.3. The summed E-state index contributed by atoms with van der Waals surface area (Å²) in [5, 5.41) is 8.01. The van der Waals surface area contributed by atoms with Gasteiger partial charge in [0.1, 0.15) is 5.82 Å². The number of carbonyl (C=O) groups excluding carboxylic acids is 1. The first-order valence-corrected chi connectivity index (χ1v) is 6.57. The van der Waals surface area contributed by atoms with Gasteiger partial charge in [0.25, 0.3) is 5.91 Å². The molecule has 4 nitrogen and oxygen atoms in total. The summed E-state index contributed by atoms with van der Waals surface area (Å²) in [7, 11) is 1.83. The molecule has 1 fully saturated rings. The third-order valence-corrected chi connectivity index (χ3v) is 3.70. The molecule has 0 bridgehead atoms. The summed E-state index contributed by atoms with van der Waals surface area (Å²) in [6.07, 6.45) is 2.72. The first-order valence-electron chi connectivity index (χ1n) is 6.57. The van der Waals surface area contributed by atoms with E-state index in [1.54, 1.807) is 6.20 Å². The Kier molecular flexibility index (Phi) is 2.85. The lowest BCUT2D eigenvalue weighted by Gasteiger charge is -2.10. The highest BCUT2D eigenvalue weighted by Crippen LogP contribution is 2.30. The topological polar surface area (TPSA) is 54.0 Å². The van der Waals surface area contributed by atoms with Crippen molar-refractivity contribution in [3.05, 3.63) is 36.0 Å². The number of pyridine rings is 1. The number of hydrogen-bond acceptors (Lipinski definition) is 3. The van der Waals surface area contributed by atoms with Crippen molar-refractivity contribution in [2.24, 2.45) is 5.92 Å². The summed E-state index contributed by atoms with van der Waals surface area (Å²) in [6.45, 7) is 2.14. The molecule has 19 heavy (non-hydrogen) atoms. The number of nitrogens with zero attached hydrogens (tertiary/aromatic N) is 1. The van der Waals surface area contributed by atoms with Crippen LogP contribution in [0.1, 0.15) is 23.7 Å². The molecule has 2 atom stereocenters. The molecular formula is C15H17N3O. The molecule has 3 rings (SSSR count). The van der Waals surface area contributed by atoms with Gasteiger partial charge in [-0.15, -0.1) is 0 Å². The van der Waals surface area contributed by atoms with E-state index in [0.29, 0.717) is 17.5 Å². The second-order valence-corrected chi connectivity index (χ2v) is 5.11. The number of fused-ring (bicyclic) bond motifs is 1. The molecule has 1 aromatic carbocycles. The van der Waals surface area contributed by atoms with Gasteiger partial charge in [-0.1, -0.05) is 31.2 Å². The fourth-order valence-corrected chi connectivity index (χ4v) is 2.34. The van der Waals surface area contributed by atoms with Gasteiger partial charge in [-0.05, 0) is 17.7 Å². The second-order valence-electron chi connectivity index (χ2n) is 5.11. The van der Waals surface area contributed by atoms with Gasteiger partial charge in [0.05, 0.1) is 5.56 Å². The van der Waals surface area contributed by atoms with Crippen LogP contribution < -0.4 is 10.6 Å². The molecule has 0 spiro atoms. The van der Waals surface area contributed by atoms with Crippen molar-refractivity contribution in [3.63, 3.8) is 0 Å². The highest BCUT2D eigenvalue weighted by Gasteiger charge is 2.34. The highest BCUT2D eigenvalue weighted by molar-refractivity contribution is 6.09. The zero-order valence-corrected chi connectivity index (χ0v) is 11.1. The molecule has 0 radical (unpaired) electrons. The number of benzene rings is 1. The van der Waals surface area contributed by atoms with Crippen molar-refractivity contribution >= 4 is 22.5 Å². The molecule has 0 aliphatic heterocycles. The van der Waals surface area contributed by atoms with E-state index in [1.165, 1.54) is 0 Å². The molecule has 2 N–H and O–H groups in total. The fourth-order valence-electron chi connectivity index (χ4n) is 2.34. The summed E-state index contributed by atoms with van der Waals surface area (Å²) in [5.41, 5.74) is 0.647. The van der Waals surface area contributed by atoms with Gasteiger partial charge in [-0.25, -0.2) is 4.98 Å². The number of carbonyl (C=O) groups is 1. The minimum absolute atomic E-state index is 0.0271. The van der Waals surface area contributed by atoms with Crippen LogP contribution in [-0.4, -0.2) is 24.0 Å². The monoisotopic (exact) mass is 255 g/mol. The number of hydrogen-bond donors (Lipinski definition) is 2. The fraction of sp³-hybridized carbons (Fsp3) is 0.333. The average Bonchev–Trinajstić information content (AvgIpc) is 3.12. The van der Waals surface area contributed by atoms with Gasteiger partial charge in [-0.3, -0.25) is 4.79 Å². The molecule has 1 amide bonds. The molecule has 2 aromatic rings. The standard InChI is InChI=1S/C15H17N3O/c1-9-7-13(9)18-15(19)12-8-17-14(16-2)11-6-4-3-5-10(11)12/h3-6,8-9,13H,7H2,1-2H3,(H,16,17)(H,18,19). The van der Waals surface area contributed by atoms with E-state index in [4.69, 9.17) is 0 Å². The van der Waals surface area contributed by atoms with E-state index < -0.39 is 0 Å². The van der Waals surface area contributed by atoms with Crippen LogP contribution in [0.25, 0.3) is 10.8 Å². The summed E-state index contributed by atoms with van der Waals surface area (Å²) < 4.78 is 0. The number of rotatable bonds is 3. The summed E-state index contributed by atoms with van der Waals surface area (Å²) >= 11 is 0. The van der Waals surface area contributed by atoms with E-state index in [0.717, 1.165) is 23.0 Å². The van der Waals surface area contributed by atoms with Crippen LogP contribution in [0.15, 0.2) is 30.5 Å². The van der Waals surface area contributed by atoms with Crippen molar-refractivity contribution in [1.29, 1.82) is 0 Å². The van der Waals surface area contributed by atoms with Gasteiger partial charge >= 0.3 is 0 Å². The summed E-state index contributed by atoms with van der Waals surface area (Å²) in [6, 6.07) is 8.16. The number of nitrogens with one attached hydrogen (secondary N) is 2. The molecule has 1 aliphatic carbocycles. The van der Waals surface area contributed by atoms with Crippen LogP contribution >= 0.6 is 0 Å². The Hall–Kier alpha value is -2.10. The Labute approximate surface area is 112 Å². The highest BCUT2D eigenvalue weighted by atomic mass is 16.1. The van der Waals surface area contributed by atoms with Crippen LogP contribution in [0.2, 0.25) is 0 Å². The Morgan fingerprint density at radius 3 is 2.63 bits per heavy atom. The Morgan fingerprint density at radius 2 is 2.00 bits per heavy atom. The van der Waals surface area contributed by atoms with Crippen LogP contribution in [0.5, 0.6) is 0 Å². The van der Waals surface area contributed by atoms with Crippen molar-refractivity contribution in [3.8, 4) is 0 Å². The smallest absolute Gasteiger partial charge is 0.253 e. The van der Waals surface area contributed by atoms with Crippen LogP contribution in [-0.2, 0) is 0 Å². The summed E-state index contributed by atoms with van der Waals surface area (Å²) in [4.78, 5) is 16.6. The zero-order valence-electron chi connectivity index (χ0n) is 11.1. The molecule has 1 heterocycles. The third-order valence-electron chi connectivity index (χ3n) is 3.70. The average molecular weight is 255 g/mol. The van der Waals surface area contributed by atoms with Crippen molar-refractivity contribution in [2.75, 3.05) is 12.4 Å². The van der Waals surface area contributed by atoms with Crippen LogP contribution in [0.4, 0.5) is 5.82 Å². The van der Waals surface area contributed by atoms with Crippen molar-refractivity contribution in [2.45, 2.75) is 19.4 Å². The Morgan fingerprint density at radius 1 is 1.32 bits per heavy atom. The molecular weight excluding hydrogens is 238 g/mol. The molecule has 98 valence electrons. The molecule has 1 aliphatic rings. The van der Waals surface area contributed by atoms with Crippen LogP contribution in [0.3, 0.4) is 0 Å². The summed E-state index contributed by atoms with van der Waals surface area (Å²) in [5.74, 6) is 1.37. The first-order chi connectivity index (χ1) is 9.20. The molecule has 0 saturated heterocycles. The number of aromatic nitrogens is 1. The Bertz CT molecular complexity index is 638. The Balaban J connectivity index is 2.01. The lowest BCUT2D eigenvalue weighted by atomic mass is 10.1. The predicted octanol–water partition coefficient (Wildman–Crippen LogP) is 2.41. The van der Waals surface area contributed by atoms with Gasteiger partial charge in [0, 0.05) is 24.7 Å². The van der Waals surface area contributed by atoms with Crippen molar-refractivity contribution < 1.29 is 4.79 Å². The maximum absolute atomic E-state index is 12.3. The van der Waals surface area contributed by atoms with Gasteiger partial charge in [0.15, 0.2) is 0 Å². The molecule has 4 heteroatoms. The normalized spacial score (nSPS) is 21.2. The SMILES string of the molecule is CNc1ncc(C(=O)NC2CC2C)c2ccccc12. The third kappa shape index (κ3) is 2.14. The first kappa shape index (κ1) is 12.0. The number of amides is 1. The lowest BCUT2D eigenvalue weighted by molar-refractivity contribution is 0.0950. The van der Waals surface area contributed by atoms with E-state index in [9.17, 15) is 4.79 Å². The second kappa shape index (κ2) is 4.53.